The molecule has 0 saturated carbocycles. The third-order valence-corrected chi connectivity index (χ3v) is 0. The van der Waals surface area contributed by atoms with Gasteiger partial charge in [0.1, 0.15) is 0 Å². The van der Waals surface area contributed by atoms with E-state index in [-0.39, 0.29) is 103 Å². The van der Waals surface area contributed by atoms with Gasteiger partial charge in [0.2, 0.25) is 0 Å². The van der Waals surface area contributed by atoms with E-state index in [0.717, 1.165) is 0 Å². The van der Waals surface area contributed by atoms with Crippen molar-refractivity contribution in [3.05, 3.63) is 0 Å². The normalized spacial score (nSPS) is 5.83. The molecule has 0 saturated heterocycles. The van der Waals surface area contributed by atoms with Gasteiger partial charge in [0, 0.05) is 0 Å². The van der Waals surface area contributed by atoms with Gasteiger partial charge in [0.25, 0.3) is 0 Å². The predicted octanol–water partition coefficient (Wildman–Crippen LogP) is -6.66. The molecule has 0 aromatic carbocycles. The Balaban J connectivity index is -0.0000000450. The van der Waals surface area contributed by atoms with Crippen LogP contribution in [0.3, 0.4) is 0 Å². The smallest absolute Gasteiger partial charge is 0.806 e. The molecule has 0 aliphatic carbocycles. The Morgan fingerprint density at radius 1 is 1.17 bits per heavy atom. The van der Waals surface area contributed by atoms with Gasteiger partial charge in [0.15, 0.2) is 0 Å². The molecule has 0 spiro atoms. The van der Waals surface area contributed by atoms with E-state index in [1.165, 1.54) is 0 Å². The molecule has 0 N–H and O–H groups in total. The Kier molecular flexibility index (Phi) is 31.5. The molecule has 26 valence electrons. The standard InChI is InChI=1S/2K.H2O2S2/c;;1-4(2)3/h;;(H2,1,2,3)/q2*+1;/p-2. The van der Waals surface area contributed by atoms with Gasteiger partial charge in [-0.3, -0.25) is 0 Å². The molecule has 0 radical (unpaired) electrons. The minimum absolute atomic E-state index is 0. The van der Waals surface area contributed by atoms with E-state index in [0.29, 0.717) is 0 Å². The van der Waals surface area contributed by atoms with Crippen LogP contribution >= 0.6 is 0 Å². The van der Waals surface area contributed by atoms with E-state index in [9.17, 15) is 0 Å². The zero-order valence-corrected chi connectivity index (χ0v) is 11.5. The minimum atomic E-state index is -2.28. The molecule has 0 amide bonds. The first-order valence-corrected chi connectivity index (χ1v) is 2.50. The van der Waals surface area contributed by atoms with E-state index >= 15 is 0 Å². The molecule has 0 aliphatic rings. The average Bonchev–Trinajstić information content (AvgIpc) is 0.811. The molecule has 0 rings (SSSR count). The molecule has 0 aromatic rings. The number of rotatable bonds is 0. The van der Waals surface area contributed by atoms with Gasteiger partial charge in [-0.2, -0.15) is 0 Å². The Morgan fingerprint density at radius 2 is 1.17 bits per heavy atom. The van der Waals surface area contributed by atoms with Crippen LogP contribution in [0.2, 0.25) is 0 Å². The Hall–Kier alpha value is 3.76. The minimum Gasteiger partial charge on any atom is -0.806 e. The molecule has 2 nitrogen and oxygen atoms in total. The molecule has 0 atom stereocenters. The van der Waals surface area contributed by atoms with Crippen LogP contribution in [0.5, 0.6) is 0 Å². The van der Waals surface area contributed by atoms with Crippen LogP contribution in [0, 0.1) is 0 Å². The Morgan fingerprint density at radius 3 is 1.17 bits per heavy atom. The zero-order valence-electron chi connectivity index (χ0n) is 3.63. The second-order valence-corrected chi connectivity index (χ2v) is 1.43. The van der Waals surface area contributed by atoms with Crippen LogP contribution in [-0.2, 0) is 21.2 Å². The van der Waals surface area contributed by atoms with Gasteiger partial charge in [0.05, 0.1) is 0 Å². The molecule has 6 heteroatoms. The van der Waals surface area contributed by atoms with Gasteiger partial charge in [-0.25, -0.2) is 0 Å². The van der Waals surface area contributed by atoms with E-state index in [4.69, 9.17) is 9.11 Å². The fourth-order valence-corrected chi connectivity index (χ4v) is 0. The van der Waals surface area contributed by atoms with E-state index in [2.05, 4.69) is 11.2 Å². The maximum absolute atomic E-state index is 8.81. The maximum atomic E-state index is 8.81. The van der Waals surface area contributed by atoms with Crippen molar-refractivity contribution < 1.29 is 112 Å². The van der Waals surface area contributed by atoms with Crippen LogP contribution < -0.4 is 103 Å². The SMILES string of the molecule is [K+].[K+].[O-]S([O-])=S. The van der Waals surface area contributed by atoms with Crippen molar-refractivity contribution in [2.45, 2.75) is 0 Å². The fourth-order valence-electron chi connectivity index (χ4n) is 0. The summed E-state index contributed by atoms with van der Waals surface area (Å²) in [7, 11) is -2.28. The predicted molar refractivity (Wildman–Crippen MR) is 16.3 cm³/mol. The first-order chi connectivity index (χ1) is 1.73. The average molecular weight is 174 g/mol. The summed E-state index contributed by atoms with van der Waals surface area (Å²) in [4.78, 5) is 0. The van der Waals surface area contributed by atoms with Crippen molar-refractivity contribution in [2.24, 2.45) is 0 Å². The first-order valence-electron chi connectivity index (χ1n) is 0.500. The van der Waals surface area contributed by atoms with E-state index < -0.39 is 10.0 Å². The summed E-state index contributed by atoms with van der Waals surface area (Å²) < 4.78 is 17.6. The van der Waals surface area contributed by atoms with Crippen molar-refractivity contribution in [3.8, 4) is 0 Å². The summed E-state index contributed by atoms with van der Waals surface area (Å²) in [5, 5.41) is 0. The van der Waals surface area contributed by atoms with Crippen molar-refractivity contribution in [1.29, 1.82) is 0 Å². The van der Waals surface area contributed by atoms with Crippen molar-refractivity contribution in [1.82, 2.24) is 0 Å². The summed E-state index contributed by atoms with van der Waals surface area (Å²) in [6.45, 7) is 0. The first kappa shape index (κ1) is 16.4. The van der Waals surface area contributed by atoms with E-state index in [1.807, 2.05) is 0 Å². The maximum Gasteiger partial charge on any atom is 1.00 e. The van der Waals surface area contributed by atoms with Gasteiger partial charge in [-0.15, -0.1) is 0 Å². The van der Waals surface area contributed by atoms with Crippen LogP contribution in [0.4, 0.5) is 0 Å². The van der Waals surface area contributed by atoms with E-state index in [1.54, 1.807) is 0 Å². The monoisotopic (exact) mass is 174 g/mol. The molecule has 0 fully saturated rings. The van der Waals surface area contributed by atoms with Gasteiger partial charge in [-0.1, -0.05) is 11.2 Å². The second kappa shape index (κ2) is 11.5. The summed E-state index contributed by atoms with van der Waals surface area (Å²) in [5.41, 5.74) is 0. The van der Waals surface area contributed by atoms with Crippen LogP contribution in [0.15, 0.2) is 0 Å². The third-order valence-electron chi connectivity index (χ3n) is 0. The quantitative estimate of drug-likeness (QED) is 0.343. The zero-order chi connectivity index (χ0) is 3.58. The van der Waals surface area contributed by atoms with Gasteiger partial charge < -0.3 is 19.1 Å². The summed E-state index contributed by atoms with van der Waals surface area (Å²) >= 11 is 3.54. The fraction of sp³-hybridized carbons (Fsp3) is 0. The van der Waals surface area contributed by atoms with Crippen molar-refractivity contribution in [2.75, 3.05) is 0 Å². The second-order valence-electron chi connectivity index (χ2n) is 0.204. The molecule has 0 bridgehead atoms. The molecular formula is K2O2S2. The summed E-state index contributed by atoms with van der Waals surface area (Å²) in [6, 6.07) is 0. The van der Waals surface area contributed by atoms with Crippen LogP contribution in [0.25, 0.3) is 0 Å². The number of hydrogen-bond donors (Lipinski definition) is 0. The Labute approximate surface area is 129 Å². The molecule has 6 heavy (non-hydrogen) atoms. The third kappa shape index (κ3) is 25.1. The largest absolute Gasteiger partial charge is 1.00 e. The molecular weight excluding hydrogens is 174 g/mol. The van der Waals surface area contributed by atoms with Gasteiger partial charge >= 0.3 is 103 Å². The van der Waals surface area contributed by atoms with Crippen molar-refractivity contribution in [3.63, 3.8) is 0 Å². The molecule has 0 unspecified atom stereocenters. The molecule has 0 heterocycles. The molecule has 0 aliphatic heterocycles. The van der Waals surface area contributed by atoms with Crippen LogP contribution in [0.1, 0.15) is 0 Å². The van der Waals surface area contributed by atoms with Gasteiger partial charge in [-0.05, 0) is 0 Å². The summed E-state index contributed by atoms with van der Waals surface area (Å²) in [5.74, 6) is 0. The topological polar surface area (TPSA) is 46.1 Å². The van der Waals surface area contributed by atoms with Crippen LogP contribution in [-0.4, -0.2) is 9.11 Å². The number of hydrogen-bond acceptors (Lipinski definition) is 3. The van der Waals surface area contributed by atoms with Crippen molar-refractivity contribution >= 4 is 21.2 Å². The summed E-state index contributed by atoms with van der Waals surface area (Å²) in [6.07, 6.45) is 0. The Bertz CT molecular complexity index is 32.5. The molecule has 0 aromatic heterocycles.